The van der Waals surface area contributed by atoms with Gasteiger partial charge in [-0.1, -0.05) is 17.7 Å². The van der Waals surface area contributed by atoms with Gasteiger partial charge < -0.3 is 0 Å². The van der Waals surface area contributed by atoms with Crippen molar-refractivity contribution in [3.8, 4) is 0 Å². The highest BCUT2D eigenvalue weighted by Gasteiger charge is 2.58. The summed E-state index contributed by atoms with van der Waals surface area (Å²) in [5.41, 5.74) is 0.695. The van der Waals surface area contributed by atoms with E-state index in [1.165, 1.54) is 4.31 Å². The van der Waals surface area contributed by atoms with E-state index in [0.717, 1.165) is 5.56 Å². The zero-order valence-corrected chi connectivity index (χ0v) is 12.2. The predicted molar refractivity (Wildman–Crippen MR) is 71.0 cm³/mol. The molecule has 2 fully saturated rings. The molecule has 1 aromatic carbocycles. The van der Waals surface area contributed by atoms with Gasteiger partial charge in [-0.3, -0.25) is 0 Å². The third-order valence-electron chi connectivity index (χ3n) is 3.73. The monoisotopic (exact) mass is 301 g/mol. The number of aryl methyl sites for hydroxylation is 1. The van der Waals surface area contributed by atoms with Crippen LogP contribution in [0, 0.1) is 12.3 Å². The molecule has 1 spiro atoms. The van der Waals surface area contributed by atoms with Crippen LogP contribution in [0.3, 0.4) is 0 Å². The SMILES string of the molecule is Cc1ccc(S(=O)(=O)N2CC3(C2)CS(=O)(=O)C3)cc1. The average Bonchev–Trinajstić information content (AvgIpc) is 2.22. The Hall–Kier alpha value is -0.920. The van der Waals surface area contributed by atoms with E-state index in [1.807, 2.05) is 6.92 Å². The summed E-state index contributed by atoms with van der Waals surface area (Å²) < 4.78 is 48.3. The highest BCUT2D eigenvalue weighted by Crippen LogP contribution is 2.43. The number of hydrogen-bond acceptors (Lipinski definition) is 4. The first kappa shape index (κ1) is 13.1. The maximum atomic E-state index is 12.3. The lowest BCUT2D eigenvalue weighted by Crippen LogP contribution is -2.69. The van der Waals surface area contributed by atoms with Crippen molar-refractivity contribution in [2.45, 2.75) is 11.8 Å². The summed E-state index contributed by atoms with van der Waals surface area (Å²) in [6.45, 7) is 2.54. The van der Waals surface area contributed by atoms with Crippen molar-refractivity contribution in [2.75, 3.05) is 24.6 Å². The van der Waals surface area contributed by atoms with Crippen LogP contribution in [0.1, 0.15) is 5.56 Å². The van der Waals surface area contributed by atoms with Crippen LogP contribution < -0.4 is 0 Å². The zero-order valence-electron chi connectivity index (χ0n) is 10.5. The molecule has 19 heavy (non-hydrogen) atoms. The van der Waals surface area contributed by atoms with Crippen molar-refractivity contribution in [3.05, 3.63) is 29.8 Å². The molecule has 0 atom stereocenters. The summed E-state index contributed by atoms with van der Waals surface area (Å²) in [6.07, 6.45) is 0. The molecule has 7 heteroatoms. The predicted octanol–water partition coefficient (Wildman–Crippen LogP) is 0.414. The van der Waals surface area contributed by atoms with Crippen molar-refractivity contribution in [3.63, 3.8) is 0 Å². The van der Waals surface area contributed by atoms with E-state index in [2.05, 4.69) is 0 Å². The van der Waals surface area contributed by atoms with Crippen LogP contribution in [-0.4, -0.2) is 45.7 Å². The third-order valence-corrected chi connectivity index (χ3v) is 7.64. The molecule has 0 saturated carbocycles. The minimum Gasteiger partial charge on any atom is -0.229 e. The Morgan fingerprint density at radius 3 is 2.11 bits per heavy atom. The highest BCUT2D eigenvalue weighted by atomic mass is 32.2. The molecule has 2 heterocycles. The number of sulfone groups is 1. The molecule has 5 nitrogen and oxygen atoms in total. The van der Waals surface area contributed by atoms with Gasteiger partial charge in [0.25, 0.3) is 0 Å². The van der Waals surface area contributed by atoms with Crippen molar-refractivity contribution < 1.29 is 16.8 Å². The van der Waals surface area contributed by atoms with Gasteiger partial charge in [-0.25, -0.2) is 16.8 Å². The number of nitrogens with zero attached hydrogens (tertiary/aromatic N) is 1. The maximum Gasteiger partial charge on any atom is 0.243 e. The molecule has 0 N–H and O–H groups in total. The molecule has 2 saturated heterocycles. The van der Waals surface area contributed by atoms with Crippen LogP contribution in [-0.2, 0) is 19.9 Å². The summed E-state index contributed by atoms with van der Waals surface area (Å²) in [5.74, 6) is 0.250. The Labute approximate surface area is 113 Å². The van der Waals surface area contributed by atoms with E-state index in [4.69, 9.17) is 0 Å². The quantitative estimate of drug-likeness (QED) is 0.793. The van der Waals surface area contributed by atoms with Gasteiger partial charge in [0.15, 0.2) is 9.84 Å². The van der Waals surface area contributed by atoms with Gasteiger partial charge in [0, 0.05) is 18.5 Å². The Kier molecular flexibility index (Phi) is 2.62. The average molecular weight is 301 g/mol. The Morgan fingerprint density at radius 2 is 1.63 bits per heavy atom. The van der Waals surface area contributed by atoms with Crippen molar-refractivity contribution in [1.29, 1.82) is 0 Å². The van der Waals surface area contributed by atoms with E-state index < -0.39 is 19.9 Å². The normalized spacial score (nSPS) is 24.7. The number of benzene rings is 1. The lowest BCUT2D eigenvalue weighted by molar-refractivity contribution is 0.101. The largest absolute Gasteiger partial charge is 0.243 e. The standard InChI is InChI=1S/C12H15NO4S2/c1-10-2-4-11(5-3-10)19(16,17)13-6-12(7-13)8-18(14,15)9-12/h2-5H,6-9H2,1H3. The molecule has 3 rings (SSSR count). The molecule has 0 radical (unpaired) electrons. The van der Waals surface area contributed by atoms with E-state index >= 15 is 0 Å². The van der Waals surface area contributed by atoms with Gasteiger partial charge in [-0.05, 0) is 19.1 Å². The molecule has 104 valence electrons. The number of rotatable bonds is 2. The topological polar surface area (TPSA) is 71.5 Å². The molecule has 0 unspecified atom stereocenters. The van der Waals surface area contributed by atoms with Gasteiger partial charge in [-0.2, -0.15) is 4.31 Å². The van der Waals surface area contributed by atoms with Gasteiger partial charge in [0.1, 0.15) is 0 Å². The minimum absolute atomic E-state index is 0.125. The molecular formula is C12H15NO4S2. The van der Waals surface area contributed by atoms with Gasteiger partial charge in [0.05, 0.1) is 16.4 Å². The minimum atomic E-state index is -3.47. The summed E-state index contributed by atoms with van der Waals surface area (Å²) in [6, 6.07) is 6.70. The molecule has 2 aliphatic rings. The Bertz CT molecular complexity index is 699. The van der Waals surface area contributed by atoms with E-state index in [-0.39, 0.29) is 21.8 Å². The summed E-state index contributed by atoms with van der Waals surface area (Å²) in [5, 5.41) is 0. The highest BCUT2D eigenvalue weighted by molar-refractivity contribution is 7.93. The fourth-order valence-electron chi connectivity index (χ4n) is 2.80. The first-order valence-corrected chi connectivity index (χ1v) is 9.26. The van der Waals surface area contributed by atoms with Crippen molar-refractivity contribution in [2.24, 2.45) is 5.41 Å². The summed E-state index contributed by atoms with van der Waals surface area (Å²) in [7, 11) is -6.38. The van der Waals surface area contributed by atoms with Crippen LogP contribution in [0.2, 0.25) is 0 Å². The lowest BCUT2D eigenvalue weighted by atomic mass is 9.85. The Balaban J connectivity index is 1.76. The Morgan fingerprint density at radius 1 is 1.11 bits per heavy atom. The number of sulfonamides is 1. The van der Waals surface area contributed by atoms with E-state index in [1.54, 1.807) is 24.3 Å². The molecule has 0 bridgehead atoms. The van der Waals surface area contributed by atoms with Crippen LogP contribution in [0.25, 0.3) is 0 Å². The third kappa shape index (κ3) is 2.09. The molecule has 0 amide bonds. The second-order valence-corrected chi connectivity index (χ2v) is 9.62. The smallest absolute Gasteiger partial charge is 0.229 e. The molecule has 1 aromatic rings. The van der Waals surface area contributed by atoms with Crippen LogP contribution in [0.15, 0.2) is 29.2 Å². The zero-order chi connectivity index (χ0) is 13.9. The number of hydrogen-bond donors (Lipinski definition) is 0. The fraction of sp³-hybridized carbons (Fsp3) is 0.500. The first-order valence-electron chi connectivity index (χ1n) is 6.00. The summed E-state index contributed by atoms with van der Waals surface area (Å²) >= 11 is 0. The lowest BCUT2D eigenvalue weighted by Gasteiger charge is -2.53. The van der Waals surface area contributed by atoms with E-state index in [9.17, 15) is 16.8 Å². The molecule has 2 aliphatic heterocycles. The second kappa shape index (κ2) is 3.80. The van der Waals surface area contributed by atoms with Gasteiger partial charge in [0.2, 0.25) is 10.0 Å². The first-order chi connectivity index (χ1) is 8.73. The molecule has 0 aliphatic carbocycles. The van der Waals surface area contributed by atoms with Crippen LogP contribution in [0.4, 0.5) is 0 Å². The second-order valence-electron chi connectivity index (χ2n) is 5.62. The summed E-state index contributed by atoms with van der Waals surface area (Å²) in [4.78, 5) is 0.273. The molecule has 0 aromatic heterocycles. The maximum absolute atomic E-state index is 12.3. The van der Waals surface area contributed by atoms with E-state index in [0.29, 0.717) is 13.1 Å². The fourth-order valence-corrected chi connectivity index (χ4v) is 6.62. The van der Waals surface area contributed by atoms with Crippen molar-refractivity contribution >= 4 is 19.9 Å². The van der Waals surface area contributed by atoms with Crippen molar-refractivity contribution in [1.82, 2.24) is 4.31 Å². The van der Waals surface area contributed by atoms with Crippen LogP contribution in [0.5, 0.6) is 0 Å². The molecular weight excluding hydrogens is 286 g/mol. The van der Waals surface area contributed by atoms with Crippen LogP contribution >= 0.6 is 0 Å². The van der Waals surface area contributed by atoms with Gasteiger partial charge in [-0.15, -0.1) is 0 Å². The van der Waals surface area contributed by atoms with Gasteiger partial charge >= 0.3 is 0 Å².